The van der Waals surface area contributed by atoms with Crippen LogP contribution in [0.5, 0.6) is 0 Å². The Hall–Kier alpha value is -2.19. The van der Waals surface area contributed by atoms with Crippen molar-refractivity contribution >= 4 is 16.0 Å². The van der Waals surface area contributed by atoms with E-state index in [1.54, 1.807) is 25.2 Å². The standard InChI is InChI=1S/C13H15N3O4S/c1-16-9-11(8-14-16)21(19,20)15-7-6-10-4-2-3-5-12(10)13(17)18/h2-5,8-9,15H,6-7H2,1H3,(H,17,18). The number of hydrogen-bond acceptors (Lipinski definition) is 4. The van der Waals surface area contributed by atoms with Crippen molar-refractivity contribution < 1.29 is 18.3 Å². The van der Waals surface area contributed by atoms with Gasteiger partial charge in [0.05, 0.1) is 11.8 Å². The van der Waals surface area contributed by atoms with Crippen LogP contribution in [0, 0.1) is 0 Å². The average Bonchev–Trinajstić information content (AvgIpc) is 2.86. The minimum Gasteiger partial charge on any atom is -0.478 e. The predicted molar refractivity (Wildman–Crippen MR) is 75.5 cm³/mol. The highest BCUT2D eigenvalue weighted by atomic mass is 32.2. The summed E-state index contributed by atoms with van der Waals surface area (Å²) in [6.45, 7) is 0.113. The van der Waals surface area contributed by atoms with E-state index in [4.69, 9.17) is 5.11 Å². The second kappa shape index (κ2) is 6.06. The molecular weight excluding hydrogens is 294 g/mol. The number of hydrogen-bond donors (Lipinski definition) is 2. The molecule has 0 aliphatic heterocycles. The van der Waals surface area contributed by atoms with Gasteiger partial charge in [0.2, 0.25) is 10.0 Å². The van der Waals surface area contributed by atoms with Gasteiger partial charge in [0, 0.05) is 19.8 Å². The fourth-order valence-corrected chi connectivity index (χ4v) is 2.90. The monoisotopic (exact) mass is 309 g/mol. The number of nitrogens with zero attached hydrogens (tertiary/aromatic N) is 2. The largest absolute Gasteiger partial charge is 0.478 e. The molecule has 0 spiro atoms. The van der Waals surface area contributed by atoms with Gasteiger partial charge in [-0.1, -0.05) is 18.2 Å². The van der Waals surface area contributed by atoms with E-state index in [2.05, 4.69) is 9.82 Å². The highest BCUT2D eigenvalue weighted by molar-refractivity contribution is 7.89. The Morgan fingerprint density at radius 1 is 1.38 bits per heavy atom. The van der Waals surface area contributed by atoms with E-state index in [9.17, 15) is 13.2 Å². The summed E-state index contributed by atoms with van der Waals surface area (Å²) in [5.74, 6) is -1.03. The zero-order chi connectivity index (χ0) is 15.5. The fourth-order valence-electron chi connectivity index (χ4n) is 1.89. The predicted octanol–water partition coefficient (Wildman–Crippen LogP) is 0.639. The normalized spacial score (nSPS) is 11.5. The Balaban J connectivity index is 2.03. The third-order valence-corrected chi connectivity index (χ3v) is 4.34. The summed E-state index contributed by atoms with van der Waals surface area (Å²) in [7, 11) is -2.00. The zero-order valence-corrected chi connectivity index (χ0v) is 12.2. The van der Waals surface area contributed by atoms with Crippen molar-refractivity contribution in [3.63, 3.8) is 0 Å². The molecule has 0 atom stereocenters. The Kier molecular flexibility index (Phi) is 4.39. The minimum atomic E-state index is -3.62. The number of rotatable bonds is 6. The molecule has 0 amide bonds. The Bertz CT molecular complexity index is 752. The lowest BCUT2D eigenvalue weighted by Gasteiger charge is -2.07. The first-order valence-corrected chi connectivity index (χ1v) is 7.68. The van der Waals surface area contributed by atoms with Crippen LogP contribution >= 0.6 is 0 Å². The van der Waals surface area contributed by atoms with Crippen LogP contribution in [0.2, 0.25) is 0 Å². The number of aromatic nitrogens is 2. The zero-order valence-electron chi connectivity index (χ0n) is 11.4. The number of sulfonamides is 1. The molecule has 1 aromatic heterocycles. The van der Waals surface area contributed by atoms with E-state index in [0.717, 1.165) is 0 Å². The quantitative estimate of drug-likeness (QED) is 0.815. The molecule has 2 rings (SSSR count). The third-order valence-electron chi connectivity index (χ3n) is 2.93. The number of carboxylic acid groups (broad SMARTS) is 1. The van der Waals surface area contributed by atoms with Crippen LogP contribution in [-0.4, -0.2) is 35.8 Å². The maximum Gasteiger partial charge on any atom is 0.335 e. The number of benzene rings is 1. The lowest BCUT2D eigenvalue weighted by atomic mass is 10.1. The van der Waals surface area contributed by atoms with Crippen LogP contribution in [0.25, 0.3) is 0 Å². The molecule has 7 nitrogen and oxygen atoms in total. The summed E-state index contributed by atoms with van der Waals surface area (Å²) in [5.41, 5.74) is 0.761. The molecule has 0 fully saturated rings. The first kappa shape index (κ1) is 15.2. The van der Waals surface area contributed by atoms with Crippen LogP contribution in [0.4, 0.5) is 0 Å². The van der Waals surface area contributed by atoms with Gasteiger partial charge in [-0.15, -0.1) is 0 Å². The first-order valence-electron chi connectivity index (χ1n) is 6.19. The van der Waals surface area contributed by atoms with E-state index in [0.29, 0.717) is 12.0 Å². The lowest BCUT2D eigenvalue weighted by molar-refractivity contribution is 0.0695. The Labute approximate surface area is 122 Å². The van der Waals surface area contributed by atoms with Gasteiger partial charge < -0.3 is 5.11 Å². The Morgan fingerprint density at radius 3 is 2.71 bits per heavy atom. The SMILES string of the molecule is Cn1cc(S(=O)(=O)NCCc2ccccc2C(=O)O)cn1. The third kappa shape index (κ3) is 3.67. The highest BCUT2D eigenvalue weighted by Gasteiger charge is 2.16. The average molecular weight is 309 g/mol. The summed E-state index contributed by atoms with van der Waals surface area (Å²) >= 11 is 0. The number of carbonyl (C=O) groups is 1. The lowest BCUT2D eigenvalue weighted by Crippen LogP contribution is -2.26. The number of nitrogens with one attached hydrogen (secondary N) is 1. The summed E-state index contributed by atoms with van der Waals surface area (Å²) in [6, 6.07) is 6.51. The van der Waals surface area contributed by atoms with Gasteiger partial charge in [-0.3, -0.25) is 4.68 Å². The molecular formula is C13H15N3O4S. The van der Waals surface area contributed by atoms with Crippen molar-refractivity contribution in [3.8, 4) is 0 Å². The molecule has 2 N–H and O–H groups in total. The summed E-state index contributed by atoms with van der Waals surface area (Å²) in [4.78, 5) is 11.1. The maximum absolute atomic E-state index is 12.0. The fraction of sp³-hybridized carbons (Fsp3) is 0.231. The molecule has 1 heterocycles. The van der Waals surface area contributed by atoms with Crippen LogP contribution in [0.15, 0.2) is 41.6 Å². The summed E-state index contributed by atoms with van der Waals surface area (Å²) in [6.07, 6.45) is 2.95. The van der Waals surface area contributed by atoms with Crippen molar-refractivity contribution in [2.75, 3.05) is 6.54 Å². The number of carboxylic acids is 1. The molecule has 21 heavy (non-hydrogen) atoms. The second-order valence-corrected chi connectivity index (χ2v) is 6.23. The van der Waals surface area contributed by atoms with Crippen LogP contribution < -0.4 is 4.72 Å². The topological polar surface area (TPSA) is 101 Å². The van der Waals surface area contributed by atoms with Gasteiger partial charge in [-0.25, -0.2) is 17.9 Å². The minimum absolute atomic E-state index is 0.0801. The molecule has 0 aliphatic carbocycles. The molecule has 0 saturated carbocycles. The maximum atomic E-state index is 12.0. The van der Waals surface area contributed by atoms with Gasteiger partial charge in [0.1, 0.15) is 4.90 Å². The van der Waals surface area contributed by atoms with E-state index in [1.165, 1.54) is 23.1 Å². The second-order valence-electron chi connectivity index (χ2n) is 4.46. The molecule has 0 aliphatic rings. The van der Waals surface area contributed by atoms with Crippen molar-refractivity contribution in [1.82, 2.24) is 14.5 Å². The van der Waals surface area contributed by atoms with Gasteiger partial charge in [-0.05, 0) is 18.1 Å². The van der Waals surface area contributed by atoms with Gasteiger partial charge in [0.25, 0.3) is 0 Å². The number of aryl methyl sites for hydroxylation is 1. The van der Waals surface area contributed by atoms with E-state index < -0.39 is 16.0 Å². The Morgan fingerprint density at radius 2 is 2.10 bits per heavy atom. The number of aromatic carboxylic acids is 1. The molecule has 0 bridgehead atoms. The van der Waals surface area contributed by atoms with Crippen molar-refractivity contribution in [3.05, 3.63) is 47.8 Å². The first-order chi connectivity index (χ1) is 9.90. The molecule has 0 radical (unpaired) electrons. The van der Waals surface area contributed by atoms with Gasteiger partial charge >= 0.3 is 5.97 Å². The molecule has 112 valence electrons. The molecule has 8 heteroatoms. The van der Waals surface area contributed by atoms with Crippen LogP contribution in [0.3, 0.4) is 0 Å². The van der Waals surface area contributed by atoms with Crippen molar-refractivity contribution in [1.29, 1.82) is 0 Å². The van der Waals surface area contributed by atoms with Crippen LogP contribution in [-0.2, 0) is 23.5 Å². The van der Waals surface area contributed by atoms with E-state index in [1.807, 2.05) is 0 Å². The molecule has 0 unspecified atom stereocenters. The smallest absolute Gasteiger partial charge is 0.335 e. The van der Waals surface area contributed by atoms with Crippen LogP contribution in [0.1, 0.15) is 15.9 Å². The van der Waals surface area contributed by atoms with E-state index >= 15 is 0 Å². The van der Waals surface area contributed by atoms with Gasteiger partial charge in [-0.2, -0.15) is 5.10 Å². The molecule has 0 saturated heterocycles. The van der Waals surface area contributed by atoms with Crippen molar-refractivity contribution in [2.24, 2.45) is 7.05 Å². The highest BCUT2D eigenvalue weighted by Crippen LogP contribution is 2.10. The summed E-state index contributed by atoms with van der Waals surface area (Å²) in [5, 5.41) is 12.9. The van der Waals surface area contributed by atoms with E-state index in [-0.39, 0.29) is 17.0 Å². The van der Waals surface area contributed by atoms with Crippen molar-refractivity contribution in [2.45, 2.75) is 11.3 Å². The molecule has 1 aromatic carbocycles. The molecule has 2 aromatic rings. The summed E-state index contributed by atoms with van der Waals surface area (Å²) < 4.78 is 27.8. The van der Waals surface area contributed by atoms with Gasteiger partial charge in [0.15, 0.2) is 0 Å².